The van der Waals surface area contributed by atoms with E-state index in [0.29, 0.717) is 0 Å². The molecule has 0 aliphatic carbocycles. The number of fused-ring (bicyclic) bond motifs is 1. The molecule has 3 aromatic rings. The number of aryl methyl sites for hydroxylation is 1. The molecule has 21 heavy (non-hydrogen) atoms. The molecule has 0 aliphatic rings. The monoisotopic (exact) mass is 297 g/mol. The second-order valence-electron chi connectivity index (χ2n) is 4.89. The summed E-state index contributed by atoms with van der Waals surface area (Å²) in [4.78, 5) is 15.8. The van der Waals surface area contributed by atoms with Crippen molar-refractivity contribution in [2.45, 2.75) is 19.8 Å². The Hall–Kier alpha value is -2.20. The molecule has 0 unspecified atom stereocenters. The Kier molecular flexibility index (Phi) is 3.71. The molecule has 3 nitrogen and oxygen atoms in total. The zero-order valence-electron chi connectivity index (χ0n) is 11.7. The van der Waals surface area contributed by atoms with Crippen LogP contribution in [0.5, 0.6) is 0 Å². The van der Waals surface area contributed by atoms with Gasteiger partial charge in [0, 0.05) is 11.8 Å². The van der Waals surface area contributed by atoms with Crippen molar-refractivity contribution in [3.63, 3.8) is 0 Å². The van der Waals surface area contributed by atoms with Gasteiger partial charge in [-0.2, -0.15) is 0 Å². The summed E-state index contributed by atoms with van der Waals surface area (Å²) in [5.41, 5.74) is 4.11. The largest absolute Gasteiger partial charge is 0.478 e. The molecule has 1 aromatic carbocycles. The number of aromatic nitrogens is 1. The van der Waals surface area contributed by atoms with Gasteiger partial charge in [-0.15, -0.1) is 11.3 Å². The van der Waals surface area contributed by atoms with Crippen molar-refractivity contribution < 1.29 is 9.90 Å². The number of aromatic carboxylic acids is 1. The lowest BCUT2D eigenvalue weighted by Crippen LogP contribution is -2.02. The van der Waals surface area contributed by atoms with Crippen molar-refractivity contribution in [2.75, 3.05) is 0 Å². The second-order valence-corrected chi connectivity index (χ2v) is 5.81. The number of benzene rings is 1. The van der Waals surface area contributed by atoms with Gasteiger partial charge in [-0.25, -0.2) is 4.79 Å². The summed E-state index contributed by atoms with van der Waals surface area (Å²) < 4.78 is 0.943. The van der Waals surface area contributed by atoms with Gasteiger partial charge < -0.3 is 5.11 Å². The molecule has 0 radical (unpaired) electrons. The lowest BCUT2D eigenvalue weighted by Gasteiger charge is -2.12. The predicted molar refractivity (Wildman–Crippen MR) is 86.0 cm³/mol. The summed E-state index contributed by atoms with van der Waals surface area (Å²) >= 11 is 1.54. The lowest BCUT2D eigenvalue weighted by molar-refractivity contribution is 0.0697. The summed E-state index contributed by atoms with van der Waals surface area (Å²) in [6, 6.07) is 9.97. The van der Waals surface area contributed by atoms with E-state index in [4.69, 9.17) is 0 Å². The Balaban J connectivity index is 2.35. The summed E-state index contributed by atoms with van der Waals surface area (Å²) in [7, 11) is 0. The Bertz CT molecular complexity index is 807. The fourth-order valence-electron chi connectivity index (χ4n) is 2.59. The standard InChI is InChI=1S/C17H15NO2S/c1-2-5-11-6-3-4-7-12(11)15-13(17(19)20)10-18-14-8-9-21-16(14)15/h3-4,6-10H,2,5H2,1H3,(H,19,20). The van der Waals surface area contributed by atoms with E-state index in [1.165, 1.54) is 11.8 Å². The lowest BCUT2D eigenvalue weighted by atomic mass is 9.94. The highest BCUT2D eigenvalue weighted by molar-refractivity contribution is 7.17. The fraction of sp³-hybridized carbons (Fsp3) is 0.176. The van der Waals surface area contributed by atoms with Gasteiger partial charge in [0.05, 0.1) is 15.8 Å². The second kappa shape index (κ2) is 5.66. The van der Waals surface area contributed by atoms with E-state index in [1.807, 2.05) is 29.6 Å². The molecule has 0 bridgehead atoms. The maximum Gasteiger partial charge on any atom is 0.337 e. The number of thiophene rings is 1. The highest BCUT2D eigenvalue weighted by Crippen LogP contribution is 2.36. The number of carbonyl (C=O) groups is 1. The molecule has 106 valence electrons. The van der Waals surface area contributed by atoms with Crippen LogP contribution >= 0.6 is 11.3 Å². The molecule has 1 N–H and O–H groups in total. The number of carboxylic acids is 1. The zero-order valence-corrected chi connectivity index (χ0v) is 12.5. The maximum absolute atomic E-state index is 11.6. The Morgan fingerprint density at radius 1 is 1.29 bits per heavy atom. The molecule has 0 aliphatic heterocycles. The van der Waals surface area contributed by atoms with Gasteiger partial charge in [-0.3, -0.25) is 4.98 Å². The first-order chi connectivity index (χ1) is 10.2. The first kappa shape index (κ1) is 13.8. The van der Waals surface area contributed by atoms with Gasteiger partial charge in [0.2, 0.25) is 0 Å². The van der Waals surface area contributed by atoms with Crippen LogP contribution < -0.4 is 0 Å². The van der Waals surface area contributed by atoms with Crippen molar-refractivity contribution in [1.82, 2.24) is 4.98 Å². The van der Waals surface area contributed by atoms with Crippen LogP contribution in [0.25, 0.3) is 21.3 Å². The van der Waals surface area contributed by atoms with Crippen molar-refractivity contribution >= 4 is 27.5 Å². The quantitative estimate of drug-likeness (QED) is 0.764. The smallest absolute Gasteiger partial charge is 0.337 e. The van der Waals surface area contributed by atoms with E-state index in [2.05, 4.69) is 18.0 Å². The fourth-order valence-corrected chi connectivity index (χ4v) is 3.51. The molecular formula is C17H15NO2S. The normalized spacial score (nSPS) is 10.9. The minimum Gasteiger partial charge on any atom is -0.478 e. The van der Waals surface area contributed by atoms with Gasteiger partial charge in [0.25, 0.3) is 0 Å². The van der Waals surface area contributed by atoms with Crippen molar-refractivity contribution in [1.29, 1.82) is 0 Å². The van der Waals surface area contributed by atoms with Gasteiger partial charge >= 0.3 is 5.97 Å². The van der Waals surface area contributed by atoms with Crippen LogP contribution in [0.3, 0.4) is 0 Å². The number of pyridine rings is 1. The molecule has 0 saturated carbocycles. The van der Waals surface area contributed by atoms with Crippen LogP contribution in [0.15, 0.2) is 41.9 Å². The molecule has 2 aromatic heterocycles. The van der Waals surface area contributed by atoms with E-state index in [1.54, 1.807) is 11.3 Å². The van der Waals surface area contributed by atoms with E-state index in [0.717, 1.165) is 34.2 Å². The van der Waals surface area contributed by atoms with Crippen molar-refractivity contribution in [2.24, 2.45) is 0 Å². The number of rotatable bonds is 4. The zero-order chi connectivity index (χ0) is 14.8. The van der Waals surface area contributed by atoms with E-state index in [-0.39, 0.29) is 5.56 Å². The van der Waals surface area contributed by atoms with Crippen LogP contribution in [0.1, 0.15) is 29.3 Å². The van der Waals surface area contributed by atoms with Crippen molar-refractivity contribution in [3.05, 3.63) is 53.0 Å². The maximum atomic E-state index is 11.6. The third kappa shape index (κ3) is 2.43. The minimum atomic E-state index is -0.931. The topological polar surface area (TPSA) is 50.2 Å². The van der Waals surface area contributed by atoms with Gasteiger partial charge in [-0.05, 0) is 29.0 Å². The molecule has 4 heteroatoms. The minimum absolute atomic E-state index is 0.272. The number of carboxylic acid groups (broad SMARTS) is 1. The molecular weight excluding hydrogens is 282 g/mol. The van der Waals surface area contributed by atoms with Crippen LogP contribution in [0.2, 0.25) is 0 Å². The molecule has 0 atom stereocenters. The van der Waals surface area contributed by atoms with Gasteiger partial charge in [-0.1, -0.05) is 37.6 Å². The number of nitrogens with zero attached hydrogens (tertiary/aromatic N) is 1. The highest BCUT2D eigenvalue weighted by Gasteiger charge is 2.18. The van der Waals surface area contributed by atoms with E-state index >= 15 is 0 Å². The third-order valence-electron chi connectivity index (χ3n) is 3.51. The molecule has 0 spiro atoms. The molecule has 0 saturated heterocycles. The highest BCUT2D eigenvalue weighted by atomic mass is 32.1. The van der Waals surface area contributed by atoms with Gasteiger partial charge in [0.1, 0.15) is 0 Å². The molecule has 0 amide bonds. The average Bonchev–Trinajstić information content (AvgIpc) is 2.95. The first-order valence-electron chi connectivity index (χ1n) is 6.90. The summed E-state index contributed by atoms with van der Waals surface area (Å²) in [6.07, 6.45) is 3.43. The third-order valence-corrected chi connectivity index (χ3v) is 4.43. The van der Waals surface area contributed by atoms with Crippen LogP contribution in [0.4, 0.5) is 0 Å². The first-order valence-corrected chi connectivity index (χ1v) is 7.78. The summed E-state index contributed by atoms with van der Waals surface area (Å²) in [5.74, 6) is -0.931. The number of hydrogen-bond acceptors (Lipinski definition) is 3. The Labute approximate surface area is 126 Å². The molecule has 0 fully saturated rings. The summed E-state index contributed by atoms with van der Waals surface area (Å²) in [5, 5.41) is 11.5. The van der Waals surface area contributed by atoms with Crippen LogP contribution in [-0.2, 0) is 6.42 Å². The molecule has 2 heterocycles. The predicted octanol–water partition coefficient (Wildman–Crippen LogP) is 4.61. The van der Waals surface area contributed by atoms with E-state index in [9.17, 15) is 9.90 Å². The summed E-state index contributed by atoms with van der Waals surface area (Å²) in [6.45, 7) is 2.13. The van der Waals surface area contributed by atoms with E-state index < -0.39 is 5.97 Å². The van der Waals surface area contributed by atoms with Crippen LogP contribution in [0, 0.1) is 0 Å². The Morgan fingerprint density at radius 3 is 2.86 bits per heavy atom. The number of hydrogen-bond donors (Lipinski definition) is 1. The van der Waals surface area contributed by atoms with Crippen molar-refractivity contribution in [3.8, 4) is 11.1 Å². The Morgan fingerprint density at radius 2 is 2.10 bits per heavy atom. The SMILES string of the molecule is CCCc1ccccc1-c1c(C(=O)O)cnc2ccsc12. The average molecular weight is 297 g/mol. The van der Waals surface area contributed by atoms with Gasteiger partial charge in [0.15, 0.2) is 0 Å². The molecule has 3 rings (SSSR count). The van der Waals surface area contributed by atoms with Crippen LogP contribution in [-0.4, -0.2) is 16.1 Å².